The summed E-state index contributed by atoms with van der Waals surface area (Å²) in [4.78, 5) is 9.10. The molecule has 3 aromatic carbocycles. The number of rotatable bonds is 3. The van der Waals surface area contributed by atoms with Gasteiger partial charge >= 0.3 is 0 Å². The molecule has 0 radical (unpaired) electrons. The summed E-state index contributed by atoms with van der Waals surface area (Å²) in [6, 6.07) is 24.9. The summed E-state index contributed by atoms with van der Waals surface area (Å²) in [5, 5.41) is 10.1. The lowest BCUT2D eigenvalue weighted by Gasteiger charge is -2.40. The van der Waals surface area contributed by atoms with E-state index in [0.29, 0.717) is 0 Å². The minimum absolute atomic E-state index is 0.0878. The molecule has 1 saturated carbocycles. The quantitative estimate of drug-likeness (QED) is 0.336. The van der Waals surface area contributed by atoms with Gasteiger partial charge in [-0.05, 0) is 59.5 Å². The van der Waals surface area contributed by atoms with Crippen LogP contribution in [0.1, 0.15) is 53.5 Å². The fraction of sp³-hybridized carbons (Fsp3) is 0.344. The van der Waals surface area contributed by atoms with Crippen LogP contribution in [-0.2, 0) is 0 Å². The largest absolute Gasteiger partial charge is 0.507 e. The van der Waals surface area contributed by atoms with Gasteiger partial charge in [-0.3, -0.25) is 9.88 Å². The van der Waals surface area contributed by atoms with Crippen LogP contribution in [0.3, 0.4) is 0 Å². The van der Waals surface area contributed by atoms with Crippen molar-refractivity contribution in [1.29, 1.82) is 0 Å². The van der Waals surface area contributed by atoms with E-state index < -0.39 is 17.8 Å². The molecule has 0 spiro atoms. The van der Waals surface area contributed by atoms with Gasteiger partial charge in [-0.2, -0.15) is 0 Å². The predicted molar refractivity (Wildman–Crippen MR) is 147 cm³/mol. The molecule has 1 aromatic heterocycles. The summed E-state index contributed by atoms with van der Waals surface area (Å²) in [5.74, 6) is -3.67. The van der Waals surface area contributed by atoms with Crippen LogP contribution in [0.5, 0.6) is 5.75 Å². The van der Waals surface area contributed by atoms with Gasteiger partial charge in [0.05, 0.1) is 23.4 Å². The monoisotopic (exact) mass is 513 g/mol. The van der Waals surface area contributed by atoms with Crippen molar-refractivity contribution in [3.8, 4) is 5.75 Å². The standard InChI is InChI=1S/C23H26F2N2.C9H7NO/c1-2-11-26-12-14-27(15-13-26)22-18-9-5-3-7-16(18)20-21(23(20,24)25)17-8-4-6-10-19(17)22;11-9-5-1-4-8-7(9)3-2-6-10-8/h3-10,20-22H,2,11-15H2,1H3;1-6,11H. The molecule has 2 fully saturated rings. The minimum Gasteiger partial charge on any atom is -0.507 e. The molecule has 4 nitrogen and oxygen atoms in total. The van der Waals surface area contributed by atoms with E-state index in [0.717, 1.165) is 65.9 Å². The van der Waals surface area contributed by atoms with Crippen molar-refractivity contribution in [2.24, 2.45) is 0 Å². The Morgan fingerprint density at radius 1 is 0.789 bits per heavy atom. The second-order valence-electron chi connectivity index (χ2n) is 10.5. The highest BCUT2D eigenvalue weighted by Crippen LogP contribution is 2.70. The van der Waals surface area contributed by atoms with E-state index in [1.807, 2.05) is 54.6 Å². The summed E-state index contributed by atoms with van der Waals surface area (Å²) in [6.45, 7) is 7.44. The van der Waals surface area contributed by atoms with Crippen molar-refractivity contribution in [2.75, 3.05) is 32.7 Å². The van der Waals surface area contributed by atoms with E-state index >= 15 is 0 Å². The Kier molecular flexibility index (Phi) is 6.62. The van der Waals surface area contributed by atoms with E-state index in [4.69, 9.17) is 0 Å². The number of fused-ring (bicyclic) bond motifs is 6. The molecule has 2 atom stereocenters. The van der Waals surface area contributed by atoms with Crippen molar-refractivity contribution in [3.05, 3.63) is 107 Å². The molecule has 2 aliphatic carbocycles. The number of benzene rings is 3. The Balaban J connectivity index is 0.000000200. The fourth-order valence-corrected chi connectivity index (χ4v) is 6.40. The number of aromatic nitrogens is 1. The summed E-state index contributed by atoms with van der Waals surface area (Å²) in [5.41, 5.74) is 4.69. The van der Waals surface area contributed by atoms with Crippen molar-refractivity contribution in [3.63, 3.8) is 0 Å². The number of hydrogen-bond acceptors (Lipinski definition) is 4. The van der Waals surface area contributed by atoms with E-state index in [1.54, 1.807) is 18.3 Å². The van der Waals surface area contributed by atoms with Crippen LogP contribution in [0.2, 0.25) is 0 Å². The molecule has 1 saturated heterocycles. The summed E-state index contributed by atoms with van der Waals surface area (Å²) in [7, 11) is 0. The molecule has 196 valence electrons. The molecule has 6 heteroatoms. The van der Waals surface area contributed by atoms with E-state index in [2.05, 4.69) is 33.8 Å². The summed E-state index contributed by atoms with van der Waals surface area (Å²) < 4.78 is 29.4. The number of phenolic OH excluding ortho intramolecular Hbond substituents is 1. The van der Waals surface area contributed by atoms with Gasteiger partial charge in [-0.1, -0.05) is 61.5 Å². The van der Waals surface area contributed by atoms with Gasteiger partial charge in [0.2, 0.25) is 0 Å². The smallest absolute Gasteiger partial charge is 0.263 e. The SMILES string of the molecule is CCCN1CCN(C2c3ccccc3C3C(c4ccccc42)C3(F)F)CC1.Oc1cccc2ncccc12. The van der Waals surface area contributed by atoms with E-state index in [-0.39, 0.29) is 11.8 Å². The molecule has 2 unspecified atom stereocenters. The first-order valence-electron chi connectivity index (χ1n) is 13.5. The molecule has 0 bridgehead atoms. The maximum absolute atomic E-state index is 14.7. The number of aromatic hydroxyl groups is 1. The van der Waals surface area contributed by atoms with Crippen LogP contribution >= 0.6 is 0 Å². The summed E-state index contributed by atoms with van der Waals surface area (Å²) in [6.07, 6.45) is 2.88. The summed E-state index contributed by atoms with van der Waals surface area (Å²) >= 11 is 0. The third-order valence-corrected chi connectivity index (χ3v) is 8.24. The van der Waals surface area contributed by atoms with E-state index in [9.17, 15) is 13.9 Å². The zero-order valence-corrected chi connectivity index (χ0v) is 21.6. The highest BCUT2D eigenvalue weighted by atomic mass is 19.3. The molecule has 1 N–H and O–H groups in total. The first-order valence-corrected chi connectivity index (χ1v) is 13.5. The molecule has 7 rings (SSSR count). The van der Waals surface area contributed by atoms with E-state index in [1.165, 1.54) is 6.42 Å². The van der Waals surface area contributed by atoms with Gasteiger partial charge in [-0.15, -0.1) is 0 Å². The third-order valence-electron chi connectivity index (χ3n) is 8.24. The van der Waals surface area contributed by atoms with Crippen LogP contribution < -0.4 is 0 Å². The third kappa shape index (κ3) is 4.36. The average molecular weight is 514 g/mol. The second kappa shape index (κ2) is 10.1. The van der Waals surface area contributed by atoms with Crippen LogP contribution in [0.25, 0.3) is 10.9 Å². The maximum Gasteiger partial charge on any atom is 0.263 e. The van der Waals surface area contributed by atoms with Gasteiger partial charge in [-0.25, -0.2) is 8.78 Å². The van der Waals surface area contributed by atoms with Crippen LogP contribution in [0.4, 0.5) is 8.78 Å². The number of alkyl halides is 2. The highest BCUT2D eigenvalue weighted by molar-refractivity contribution is 5.84. The zero-order chi connectivity index (χ0) is 26.3. The van der Waals surface area contributed by atoms with Crippen molar-refractivity contribution < 1.29 is 13.9 Å². The number of halogens is 2. The second-order valence-corrected chi connectivity index (χ2v) is 10.5. The molecule has 38 heavy (non-hydrogen) atoms. The molecule has 0 amide bonds. The molecule has 3 aliphatic rings. The zero-order valence-electron chi connectivity index (χ0n) is 21.6. The van der Waals surface area contributed by atoms with Gasteiger partial charge in [0.25, 0.3) is 5.92 Å². The Labute approximate surface area is 222 Å². The molecular formula is C32H33F2N3O. The van der Waals surface area contributed by atoms with Crippen molar-refractivity contribution in [1.82, 2.24) is 14.8 Å². The first-order chi connectivity index (χ1) is 18.5. The lowest BCUT2D eigenvalue weighted by molar-refractivity contribution is 0.0975. The Morgan fingerprint density at radius 2 is 1.39 bits per heavy atom. The Morgan fingerprint density at radius 3 is 1.97 bits per heavy atom. The lowest BCUT2D eigenvalue weighted by atomic mass is 9.90. The predicted octanol–water partition coefficient (Wildman–Crippen LogP) is 6.57. The number of hydrogen-bond donors (Lipinski definition) is 1. The minimum atomic E-state index is -2.63. The van der Waals surface area contributed by atoms with Crippen molar-refractivity contribution >= 4 is 10.9 Å². The normalized spacial score (nSPS) is 23.8. The van der Waals surface area contributed by atoms with Gasteiger partial charge in [0, 0.05) is 37.8 Å². The number of piperazine rings is 1. The molecule has 2 heterocycles. The maximum atomic E-state index is 14.7. The number of nitrogens with zero attached hydrogens (tertiary/aromatic N) is 3. The van der Waals surface area contributed by atoms with Crippen LogP contribution in [-0.4, -0.2) is 58.5 Å². The molecular weight excluding hydrogens is 480 g/mol. The highest BCUT2D eigenvalue weighted by Gasteiger charge is 2.71. The molecule has 4 aromatic rings. The molecule has 1 aliphatic heterocycles. The Bertz CT molecular complexity index is 1370. The number of pyridine rings is 1. The van der Waals surface area contributed by atoms with Crippen LogP contribution in [0, 0.1) is 0 Å². The van der Waals surface area contributed by atoms with Crippen molar-refractivity contribution in [2.45, 2.75) is 37.1 Å². The topological polar surface area (TPSA) is 39.6 Å². The Hall–Kier alpha value is -3.35. The van der Waals surface area contributed by atoms with Gasteiger partial charge < -0.3 is 10.0 Å². The fourth-order valence-electron chi connectivity index (χ4n) is 6.40. The lowest BCUT2D eigenvalue weighted by Crippen LogP contribution is -2.48. The first kappa shape index (κ1) is 25.0. The average Bonchev–Trinajstić information content (AvgIpc) is 3.56. The number of phenols is 1. The van der Waals surface area contributed by atoms with Gasteiger partial charge in [0.1, 0.15) is 5.75 Å². The van der Waals surface area contributed by atoms with Gasteiger partial charge in [0.15, 0.2) is 0 Å². The van der Waals surface area contributed by atoms with Crippen LogP contribution in [0.15, 0.2) is 85.1 Å².